The van der Waals surface area contributed by atoms with Gasteiger partial charge in [-0.2, -0.15) is 0 Å². The molecule has 1 saturated heterocycles. The number of amides is 3. The third kappa shape index (κ3) is 4.64. The van der Waals surface area contributed by atoms with Gasteiger partial charge in [-0.1, -0.05) is 25.1 Å². The summed E-state index contributed by atoms with van der Waals surface area (Å²) >= 11 is 2.26. The number of rotatable bonds is 7. The summed E-state index contributed by atoms with van der Waals surface area (Å²) in [6, 6.07) is 13.1. The lowest BCUT2D eigenvalue weighted by Gasteiger charge is -2.12. The second-order valence-electron chi connectivity index (χ2n) is 6.27. The van der Waals surface area contributed by atoms with Crippen LogP contribution < -0.4 is 14.8 Å². The molecule has 3 rings (SSSR count). The summed E-state index contributed by atoms with van der Waals surface area (Å²) in [5.74, 6) is 0.851. The van der Waals surface area contributed by atoms with Crippen molar-refractivity contribution in [1.29, 1.82) is 0 Å². The van der Waals surface area contributed by atoms with Crippen LogP contribution in [-0.4, -0.2) is 30.5 Å². The number of halogens is 1. The Balaban J connectivity index is 1.75. The monoisotopic (exact) mass is 492 g/mol. The summed E-state index contributed by atoms with van der Waals surface area (Å²) < 4.78 is 12.5. The Morgan fingerprint density at radius 2 is 1.86 bits per heavy atom. The van der Waals surface area contributed by atoms with Crippen LogP contribution in [0.1, 0.15) is 24.5 Å². The number of methoxy groups -OCH3 is 1. The van der Waals surface area contributed by atoms with Crippen molar-refractivity contribution in [1.82, 2.24) is 10.2 Å². The van der Waals surface area contributed by atoms with Crippen LogP contribution in [0.25, 0.3) is 6.08 Å². The Kier molecular flexibility index (Phi) is 6.56. The molecule has 1 fully saturated rings. The summed E-state index contributed by atoms with van der Waals surface area (Å²) in [5.41, 5.74) is 2.05. The van der Waals surface area contributed by atoms with Gasteiger partial charge >= 0.3 is 6.03 Å². The molecule has 0 atom stereocenters. The van der Waals surface area contributed by atoms with Crippen molar-refractivity contribution in [3.8, 4) is 11.5 Å². The Morgan fingerprint density at radius 3 is 2.54 bits per heavy atom. The molecule has 0 radical (unpaired) electrons. The summed E-state index contributed by atoms with van der Waals surface area (Å²) in [6.07, 6.45) is 2.36. The molecule has 3 amide bonds. The zero-order valence-electron chi connectivity index (χ0n) is 15.7. The Bertz CT molecular complexity index is 909. The SMILES string of the molecule is CCCN1C(=O)N/C(=C/c2ccc(OCc3ccc(I)cc3)c(OC)c2)C1=O. The predicted octanol–water partition coefficient (Wildman–Crippen LogP) is 4.18. The van der Waals surface area contributed by atoms with Gasteiger partial charge in [0.2, 0.25) is 0 Å². The van der Waals surface area contributed by atoms with Crippen LogP contribution in [0.4, 0.5) is 4.79 Å². The van der Waals surface area contributed by atoms with Gasteiger partial charge in [-0.3, -0.25) is 9.69 Å². The third-order valence-corrected chi connectivity index (χ3v) is 4.93. The highest BCUT2D eigenvalue weighted by Crippen LogP contribution is 2.30. The zero-order chi connectivity index (χ0) is 20.1. The molecule has 0 spiro atoms. The van der Waals surface area contributed by atoms with E-state index in [0.29, 0.717) is 31.1 Å². The summed E-state index contributed by atoms with van der Waals surface area (Å²) in [6.45, 7) is 2.74. The Hall–Kier alpha value is -2.55. The molecule has 28 heavy (non-hydrogen) atoms. The van der Waals surface area contributed by atoms with Crippen LogP contribution in [-0.2, 0) is 11.4 Å². The first-order valence-corrected chi connectivity index (χ1v) is 9.99. The molecule has 0 saturated carbocycles. The average molecular weight is 492 g/mol. The number of benzene rings is 2. The first-order chi connectivity index (χ1) is 13.5. The number of imide groups is 1. The second-order valence-corrected chi connectivity index (χ2v) is 7.52. The maximum Gasteiger partial charge on any atom is 0.329 e. The van der Waals surface area contributed by atoms with Gasteiger partial charge in [0, 0.05) is 10.1 Å². The highest BCUT2D eigenvalue weighted by molar-refractivity contribution is 14.1. The maximum atomic E-state index is 12.3. The minimum Gasteiger partial charge on any atom is -0.493 e. The minimum atomic E-state index is -0.387. The summed E-state index contributed by atoms with van der Waals surface area (Å²) in [4.78, 5) is 25.4. The zero-order valence-corrected chi connectivity index (χ0v) is 17.9. The molecule has 0 bridgehead atoms. The number of nitrogens with zero attached hydrogens (tertiary/aromatic N) is 1. The first-order valence-electron chi connectivity index (χ1n) is 8.91. The molecule has 1 aliphatic heterocycles. The van der Waals surface area contributed by atoms with E-state index >= 15 is 0 Å². The van der Waals surface area contributed by atoms with E-state index in [9.17, 15) is 9.59 Å². The van der Waals surface area contributed by atoms with E-state index in [1.807, 2.05) is 37.3 Å². The van der Waals surface area contributed by atoms with Crippen molar-refractivity contribution in [3.05, 3.63) is 62.9 Å². The normalized spacial score (nSPS) is 15.1. The van der Waals surface area contributed by atoms with Crippen molar-refractivity contribution in [3.63, 3.8) is 0 Å². The second kappa shape index (κ2) is 9.09. The lowest BCUT2D eigenvalue weighted by Crippen LogP contribution is -2.31. The molecule has 1 heterocycles. The standard InChI is InChI=1S/C21H21IN2O4/c1-3-10-24-20(25)17(23-21(24)26)11-15-6-9-18(19(12-15)27-2)28-13-14-4-7-16(22)8-5-14/h4-9,11-12H,3,10,13H2,1-2H3,(H,23,26)/b17-11+. The predicted molar refractivity (Wildman–Crippen MR) is 115 cm³/mol. The van der Waals surface area contributed by atoms with Crippen LogP contribution in [0, 0.1) is 3.57 Å². The molecule has 1 N–H and O–H groups in total. The highest BCUT2D eigenvalue weighted by Gasteiger charge is 2.32. The number of carbonyl (C=O) groups excluding carboxylic acids is 2. The molecule has 6 nitrogen and oxygen atoms in total. The number of hydrogen-bond acceptors (Lipinski definition) is 4. The fourth-order valence-corrected chi connectivity index (χ4v) is 3.16. The van der Waals surface area contributed by atoms with E-state index in [-0.39, 0.29) is 17.6 Å². The van der Waals surface area contributed by atoms with Crippen LogP contribution in [0.3, 0.4) is 0 Å². The molecular formula is C21H21IN2O4. The molecule has 2 aromatic carbocycles. The molecule has 0 unspecified atom stereocenters. The van der Waals surface area contributed by atoms with Gasteiger partial charge in [0.15, 0.2) is 11.5 Å². The largest absolute Gasteiger partial charge is 0.493 e. The number of ether oxygens (including phenoxy) is 2. The fourth-order valence-electron chi connectivity index (χ4n) is 2.80. The quantitative estimate of drug-likeness (QED) is 0.358. The van der Waals surface area contributed by atoms with E-state index in [1.165, 1.54) is 8.47 Å². The van der Waals surface area contributed by atoms with E-state index in [0.717, 1.165) is 11.1 Å². The lowest BCUT2D eigenvalue weighted by molar-refractivity contribution is -0.122. The van der Waals surface area contributed by atoms with Crippen molar-refractivity contribution >= 4 is 40.6 Å². The molecule has 0 aliphatic carbocycles. The number of carbonyl (C=O) groups is 2. The Labute approximate surface area is 177 Å². The number of nitrogens with one attached hydrogen (secondary N) is 1. The summed E-state index contributed by atoms with van der Waals surface area (Å²) in [5, 5.41) is 2.62. The third-order valence-electron chi connectivity index (χ3n) is 4.22. The molecule has 0 aromatic heterocycles. The molecular weight excluding hydrogens is 471 g/mol. The molecule has 7 heteroatoms. The number of hydrogen-bond donors (Lipinski definition) is 1. The van der Waals surface area contributed by atoms with Gasteiger partial charge in [-0.15, -0.1) is 0 Å². The lowest BCUT2D eigenvalue weighted by atomic mass is 10.1. The average Bonchev–Trinajstić information content (AvgIpc) is 2.96. The summed E-state index contributed by atoms with van der Waals surface area (Å²) in [7, 11) is 1.56. The van der Waals surface area contributed by atoms with Gasteiger partial charge in [0.25, 0.3) is 5.91 Å². The topological polar surface area (TPSA) is 67.9 Å². The van der Waals surface area contributed by atoms with Crippen molar-refractivity contribution < 1.29 is 19.1 Å². The smallest absolute Gasteiger partial charge is 0.329 e. The molecule has 1 aliphatic rings. The first kappa shape index (κ1) is 20.2. The van der Waals surface area contributed by atoms with Gasteiger partial charge in [-0.05, 0) is 70.5 Å². The van der Waals surface area contributed by atoms with Crippen LogP contribution in [0.2, 0.25) is 0 Å². The van der Waals surface area contributed by atoms with Crippen molar-refractivity contribution in [2.24, 2.45) is 0 Å². The van der Waals surface area contributed by atoms with Gasteiger partial charge in [-0.25, -0.2) is 4.79 Å². The highest BCUT2D eigenvalue weighted by atomic mass is 127. The van der Waals surface area contributed by atoms with Gasteiger partial charge in [0.05, 0.1) is 7.11 Å². The van der Waals surface area contributed by atoms with Crippen molar-refractivity contribution in [2.75, 3.05) is 13.7 Å². The number of urea groups is 1. The Morgan fingerprint density at radius 1 is 1.11 bits per heavy atom. The molecule has 146 valence electrons. The fraction of sp³-hybridized carbons (Fsp3) is 0.238. The van der Waals surface area contributed by atoms with E-state index in [4.69, 9.17) is 9.47 Å². The van der Waals surface area contributed by atoms with Crippen LogP contribution in [0.15, 0.2) is 48.2 Å². The molecule has 2 aromatic rings. The minimum absolute atomic E-state index is 0.257. The van der Waals surface area contributed by atoms with Gasteiger partial charge in [0.1, 0.15) is 12.3 Å². The van der Waals surface area contributed by atoms with Crippen molar-refractivity contribution in [2.45, 2.75) is 20.0 Å². The maximum absolute atomic E-state index is 12.3. The van der Waals surface area contributed by atoms with Gasteiger partial charge < -0.3 is 14.8 Å². The van der Waals surface area contributed by atoms with Crippen LogP contribution in [0.5, 0.6) is 11.5 Å². The van der Waals surface area contributed by atoms with E-state index in [1.54, 1.807) is 25.3 Å². The van der Waals surface area contributed by atoms with Crippen LogP contribution >= 0.6 is 22.6 Å². The van der Waals surface area contributed by atoms with E-state index < -0.39 is 0 Å². The van der Waals surface area contributed by atoms with E-state index in [2.05, 4.69) is 27.9 Å².